The van der Waals surface area contributed by atoms with Crippen molar-refractivity contribution in [2.45, 2.75) is 296 Å². The first-order valence-corrected chi connectivity index (χ1v) is 24.8. The van der Waals surface area contributed by atoms with Crippen molar-refractivity contribution in [2.75, 3.05) is 6.61 Å². The van der Waals surface area contributed by atoms with Crippen molar-refractivity contribution in [1.29, 1.82) is 0 Å². The topological polar surface area (TPSA) is 95.9 Å². The molecule has 1 amide bonds. The molecule has 0 aliphatic heterocycles. The van der Waals surface area contributed by atoms with Gasteiger partial charge in [-0.1, -0.05) is 239 Å². The van der Waals surface area contributed by atoms with E-state index >= 15 is 0 Å². The second-order valence-corrected chi connectivity index (χ2v) is 17.2. The van der Waals surface area contributed by atoms with E-state index in [1.54, 1.807) is 0 Å². The van der Waals surface area contributed by atoms with E-state index in [9.17, 15) is 19.8 Å². The molecule has 0 saturated heterocycles. The average molecular weight is 780 g/mol. The summed E-state index contributed by atoms with van der Waals surface area (Å²) in [4.78, 5) is 26.0. The first kappa shape index (κ1) is 53.9. The lowest BCUT2D eigenvalue weighted by Crippen LogP contribution is -2.46. The van der Waals surface area contributed by atoms with Crippen LogP contribution in [0.3, 0.4) is 0 Å². The highest BCUT2D eigenvalue weighted by atomic mass is 16.5. The summed E-state index contributed by atoms with van der Waals surface area (Å²) >= 11 is 0. The molecule has 0 aromatic heterocycles. The Morgan fingerprint density at radius 3 is 1.11 bits per heavy atom. The minimum absolute atomic E-state index is 0.0863. The number of carbonyl (C=O) groups excluding carboxylic acids is 2. The monoisotopic (exact) mass is 780 g/mol. The molecule has 0 spiro atoms. The van der Waals surface area contributed by atoms with Crippen LogP contribution < -0.4 is 5.32 Å². The normalized spacial score (nSPS) is 13.2. The summed E-state index contributed by atoms with van der Waals surface area (Å²) in [5.41, 5.74) is 0. The van der Waals surface area contributed by atoms with E-state index in [4.69, 9.17) is 4.74 Å². The highest BCUT2D eigenvalue weighted by molar-refractivity contribution is 5.77. The Morgan fingerprint density at radius 2 is 0.764 bits per heavy atom. The summed E-state index contributed by atoms with van der Waals surface area (Å²) in [6.45, 7) is 6.48. The molecule has 0 bridgehead atoms. The van der Waals surface area contributed by atoms with Crippen LogP contribution in [0, 0.1) is 0 Å². The number of amides is 1. The van der Waals surface area contributed by atoms with Crippen molar-refractivity contribution in [3.05, 3.63) is 0 Å². The van der Waals surface area contributed by atoms with E-state index in [1.165, 1.54) is 186 Å². The number of esters is 1. The SMILES string of the molecule is CCCCCCCCCCCCCCCCCC(O)C(CO)NC(=O)CC(CCCCCCCCCC)OC(=O)CCCCCCCCCCCCCCC. The van der Waals surface area contributed by atoms with Crippen LogP contribution in [0.5, 0.6) is 0 Å². The fourth-order valence-corrected chi connectivity index (χ4v) is 7.90. The molecule has 0 fully saturated rings. The first-order chi connectivity index (χ1) is 27.0. The molecule has 0 heterocycles. The van der Waals surface area contributed by atoms with Gasteiger partial charge < -0.3 is 20.3 Å². The zero-order chi connectivity index (χ0) is 40.3. The van der Waals surface area contributed by atoms with Crippen molar-refractivity contribution in [1.82, 2.24) is 5.32 Å². The smallest absolute Gasteiger partial charge is 0.306 e. The van der Waals surface area contributed by atoms with Crippen LogP contribution in [0.4, 0.5) is 0 Å². The number of unbranched alkanes of at least 4 members (excludes halogenated alkanes) is 33. The summed E-state index contributed by atoms with van der Waals surface area (Å²) in [7, 11) is 0. The molecule has 328 valence electrons. The van der Waals surface area contributed by atoms with Gasteiger partial charge >= 0.3 is 5.97 Å². The van der Waals surface area contributed by atoms with E-state index in [1.807, 2.05) is 0 Å². The van der Waals surface area contributed by atoms with Crippen molar-refractivity contribution < 1.29 is 24.5 Å². The predicted octanol–water partition coefficient (Wildman–Crippen LogP) is 14.4. The van der Waals surface area contributed by atoms with Crippen LogP contribution in [-0.4, -0.2) is 46.9 Å². The van der Waals surface area contributed by atoms with Crippen LogP contribution in [0.2, 0.25) is 0 Å². The average Bonchev–Trinajstić information content (AvgIpc) is 3.18. The van der Waals surface area contributed by atoms with E-state index in [-0.39, 0.29) is 24.9 Å². The van der Waals surface area contributed by atoms with Gasteiger partial charge in [0.15, 0.2) is 0 Å². The molecule has 0 saturated carbocycles. The third-order valence-electron chi connectivity index (χ3n) is 11.7. The van der Waals surface area contributed by atoms with Crippen LogP contribution in [0.15, 0.2) is 0 Å². The third-order valence-corrected chi connectivity index (χ3v) is 11.7. The number of hydrogen-bond acceptors (Lipinski definition) is 5. The number of aliphatic hydroxyl groups is 2. The number of aliphatic hydroxyl groups excluding tert-OH is 2. The Morgan fingerprint density at radius 1 is 0.455 bits per heavy atom. The lowest BCUT2D eigenvalue weighted by Gasteiger charge is -2.24. The molecule has 6 nitrogen and oxygen atoms in total. The number of carbonyl (C=O) groups is 2. The Bertz CT molecular complexity index is 791. The molecule has 0 aliphatic rings. The van der Waals surface area contributed by atoms with Crippen molar-refractivity contribution in [3.8, 4) is 0 Å². The van der Waals surface area contributed by atoms with Crippen molar-refractivity contribution in [3.63, 3.8) is 0 Å². The zero-order valence-electron chi connectivity index (χ0n) is 37.3. The van der Waals surface area contributed by atoms with E-state index in [0.717, 1.165) is 44.9 Å². The van der Waals surface area contributed by atoms with Gasteiger partial charge in [0.2, 0.25) is 5.91 Å². The van der Waals surface area contributed by atoms with Crippen LogP contribution in [-0.2, 0) is 14.3 Å². The van der Waals surface area contributed by atoms with Crippen LogP contribution in [0.25, 0.3) is 0 Å². The van der Waals surface area contributed by atoms with Gasteiger partial charge in [-0.25, -0.2) is 0 Å². The molecular formula is C49H97NO5. The van der Waals surface area contributed by atoms with Gasteiger partial charge in [0.1, 0.15) is 6.10 Å². The lowest BCUT2D eigenvalue weighted by atomic mass is 10.0. The maximum absolute atomic E-state index is 13.1. The largest absolute Gasteiger partial charge is 0.462 e. The Balaban J connectivity index is 4.38. The maximum Gasteiger partial charge on any atom is 0.306 e. The second kappa shape index (κ2) is 44.0. The highest BCUT2D eigenvalue weighted by Gasteiger charge is 2.24. The van der Waals surface area contributed by atoms with Crippen LogP contribution >= 0.6 is 0 Å². The number of ether oxygens (including phenoxy) is 1. The molecule has 55 heavy (non-hydrogen) atoms. The number of rotatable bonds is 45. The van der Waals surface area contributed by atoms with Gasteiger partial charge in [-0.2, -0.15) is 0 Å². The summed E-state index contributed by atoms with van der Waals surface area (Å²) in [5.74, 6) is -0.458. The Hall–Kier alpha value is -1.14. The van der Waals surface area contributed by atoms with E-state index in [0.29, 0.717) is 19.3 Å². The second-order valence-electron chi connectivity index (χ2n) is 17.2. The van der Waals surface area contributed by atoms with Crippen molar-refractivity contribution in [2.24, 2.45) is 0 Å². The summed E-state index contributed by atoms with van der Waals surface area (Å²) < 4.78 is 5.90. The number of nitrogens with one attached hydrogen (secondary N) is 1. The molecule has 0 aliphatic carbocycles. The highest BCUT2D eigenvalue weighted by Crippen LogP contribution is 2.18. The van der Waals surface area contributed by atoms with Crippen molar-refractivity contribution >= 4 is 11.9 Å². The third kappa shape index (κ3) is 39.5. The van der Waals surface area contributed by atoms with Gasteiger partial charge in [0.25, 0.3) is 0 Å². The van der Waals surface area contributed by atoms with Crippen LogP contribution in [0.1, 0.15) is 278 Å². The fraction of sp³-hybridized carbons (Fsp3) is 0.959. The molecule has 3 unspecified atom stereocenters. The lowest BCUT2D eigenvalue weighted by molar-refractivity contribution is -0.151. The van der Waals surface area contributed by atoms with Gasteiger partial charge in [0.05, 0.1) is 25.2 Å². The van der Waals surface area contributed by atoms with E-state index in [2.05, 4.69) is 26.1 Å². The molecule has 6 heteroatoms. The fourth-order valence-electron chi connectivity index (χ4n) is 7.90. The van der Waals surface area contributed by atoms with Gasteiger partial charge in [0, 0.05) is 6.42 Å². The molecule has 0 aromatic rings. The quantitative estimate of drug-likeness (QED) is 0.0422. The Kier molecular flexibility index (Phi) is 43.1. The Labute approximate surface area is 343 Å². The first-order valence-electron chi connectivity index (χ1n) is 24.8. The standard InChI is InChI=1S/C49H97NO5/c1-4-7-10-13-16-19-21-23-24-26-27-29-32-35-38-41-47(52)46(44-51)50-48(53)43-45(40-37-34-31-18-15-12-9-6-3)55-49(54)42-39-36-33-30-28-25-22-20-17-14-11-8-5-2/h45-47,51-52H,4-44H2,1-3H3,(H,50,53). The minimum Gasteiger partial charge on any atom is -0.462 e. The summed E-state index contributed by atoms with van der Waals surface area (Å²) in [6.07, 6.45) is 45.9. The minimum atomic E-state index is -0.778. The zero-order valence-corrected chi connectivity index (χ0v) is 37.3. The van der Waals surface area contributed by atoms with Gasteiger partial charge in [-0.3, -0.25) is 9.59 Å². The molecule has 3 N–H and O–H groups in total. The summed E-state index contributed by atoms with van der Waals surface area (Å²) in [6, 6.07) is -0.690. The van der Waals surface area contributed by atoms with Gasteiger partial charge in [-0.05, 0) is 25.7 Å². The van der Waals surface area contributed by atoms with Gasteiger partial charge in [-0.15, -0.1) is 0 Å². The predicted molar refractivity (Wildman–Crippen MR) is 237 cm³/mol. The maximum atomic E-state index is 13.1. The summed E-state index contributed by atoms with van der Waals surface area (Å²) in [5, 5.41) is 23.7. The molecule has 0 rings (SSSR count). The molecule has 0 radical (unpaired) electrons. The molecule has 0 aromatic carbocycles. The molecular weight excluding hydrogens is 683 g/mol. The molecule has 3 atom stereocenters. The number of hydrogen-bond donors (Lipinski definition) is 3. The van der Waals surface area contributed by atoms with E-state index < -0.39 is 18.2 Å².